The number of furan rings is 1. The number of ether oxygens (including phenoxy) is 1. The van der Waals surface area contributed by atoms with Crippen LogP contribution in [0.5, 0.6) is 0 Å². The Bertz CT molecular complexity index is 566. The molecule has 1 atom stereocenters. The number of aliphatic hydroxyl groups is 1. The van der Waals surface area contributed by atoms with Crippen LogP contribution in [0.4, 0.5) is 8.78 Å². The molecule has 0 bridgehead atoms. The van der Waals surface area contributed by atoms with Crippen LogP contribution in [0, 0.1) is 11.6 Å². The minimum absolute atomic E-state index is 0.139. The third-order valence-corrected chi connectivity index (χ3v) is 2.91. The Kier molecular flexibility index (Phi) is 5.44. The Hall–Kier alpha value is -1.76. The second kappa shape index (κ2) is 7.31. The summed E-state index contributed by atoms with van der Waals surface area (Å²) in [6.07, 6.45) is -0.617. The first-order chi connectivity index (χ1) is 10.1. The molecular weight excluding hydrogens is 280 g/mol. The zero-order valence-electron chi connectivity index (χ0n) is 11.6. The van der Waals surface area contributed by atoms with Gasteiger partial charge in [0.1, 0.15) is 23.2 Å². The lowest BCUT2D eigenvalue weighted by Gasteiger charge is -2.09. The van der Waals surface area contributed by atoms with Gasteiger partial charge in [0.15, 0.2) is 0 Å². The summed E-state index contributed by atoms with van der Waals surface area (Å²) in [5, 5.41) is 12.4. The summed E-state index contributed by atoms with van der Waals surface area (Å²) in [5.41, 5.74) is -0.178. The lowest BCUT2D eigenvalue weighted by Crippen LogP contribution is -2.29. The summed E-state index contributed by atoms with van der Waals surface area (Å²) in [5.74, 6) is -0.670. The molecule has 6 heteroatoms. The number of nitrogens with one attached hydrogen (secondary N) is 1. The van der Waals surface area contributed by atoms with E-state index in [0.29, 0.717) is 18.8 Å². The van der Waals surface area contributed by atoms with E-state index < -0.39 is 17.7 Å². The zero-order chi connectivity index (χ0) is 15.2. The summed E-state index contributed by atoms with van der Waals surface area (Å²) >= 11 is 0. The topological polar surface area (TPSA) is 54.6 Å². The van der Waals surface area contributed by atoms with Crippen LogP contribution >= 0.6 is 0 Å². The molecule has 0 saturated carbocycles. The Morgan fingerprint density at radius 2 is 1.95 bits per heavy atom. The van der Waals surface area contributed by atoms with Crippen LogP contribution in [0.1, 0.15) is 5.76 Å². The van der Waals surface area contributed by atoms with Crippen LogP contribution in [0.2, 0.25) is 0 Å². The Labute approximate surface area is 121 Å². The van der Waals surface area contributed by atoms with Gasteiger partial charge in [-0.3, -0.25) is 0 Å². The fourth-order valence-corrected chi connectivity index (χ4v) is 1.95. The maximum Gasteiger partial charge on any atom is 0.140 e. The molecule has 1 unspecified atom stereocenters. The van der Waals surface area contributed by atoms with Crippen molar-refractivity contribution in [2.75, 3.05) is 20.3 Å². The van der Waals surface area contributed by atoms with Gasteiger partial charge in [0.25, 0.3) is 0 Å². The molecule has 2 aromatic rings. The average molecular weight is 297 g/mol. The fourth-order valence-electron chi connectivity index (χ4n) is 1.95. The summed E-state index contributed by atoms with van der Waals surface area (Å²) in [7, 11) is 1.50. The molecule has 0 fully saturated rings. The van der Waals surface area contributed by atoms with E-state index in [1.807, 2.05) is 0 Å². The van der Waals surface area contributed by atoms with Crippen LogP contribution in [-0.2, 0) is 11.3 Å². The van der Waals surface area contributed by atoms with Crippen LogP contribution in [0.25, 0.3) is 11.3 Å². The van der Waals surface area contributed by atoms with E-state index in [-0.39, 0.29) is 17.9 Å². The zero-order valence-corrected chi connectivity index (χ0v) is 11.6. The lowest BCUT2D eigenvalue weighted by molar-refractivity contribution is 0.0641. The second-order valence-electron chi connectivity index (χ2n) is 4.60. The summed E-state index contributed by atoms with van der Waals surface area (Å²) in [4.78, 5) is 0. The van der Waals surface area contributed by atoms with Gasteiger partial charge in [0.2, 0.25) is 0 Å². The first-order valence-electron chi connectivity index (χ1n) is 6.52. The molecule has 0 spiro atoms. The van der Waals surface area contributed by atoms with Gasteiger partial charge in [-0.05, 0) is 24.3 Å². The van der Waals surface area contributed by atoms with Gasteiger partial charge in [-0.25, -0.2) is 8.78 Å². The Morgan fingerprint density at radius 3 is 2.62 bits per heavy atom. The van der Waals surface area contributed by atoms with Crippen LogP contribution < -0.4 is 5.32 Å². The van der Waals surface area contributed by atoms with Crippen molar-refractivity contribution < 1.29 is 23.0 Å². The van der Waals surface area contributed by atoms with Gasteiger partial charge < -0.3 is 19.6 Å². The molecular formula is C15H17F2NO3. The van der Waals surface area contributed by atoms with Crippen LogP contribution in [-0.4, -0.2) is 31.5 Å². The number of rotatable bonds is 7. The number of hydrogen-bond acceptors (Lipinski definition) is 4. The molecule has 2 rings (SSSR count). The van der Waals surface area contributed by atoms with Crippen molar-refractivity contribution in [1.29, 1.82) is 0 Å². The normalized spacial score (nSPS) is 12.6. The van der Waals surface area contributed by atoms with Gasteiger partial charge in [-0.1, -0.05) is 6.07 Å². The molecule has 0 aliphatic rings. The van der Waals surface area contributed by atoms with Crippen molar-refractivity contribution in [2.24, 2.45) is 0 Å². The van der Waals surface area contributed by atoms with Gasteiger partial charge in [0.05, 0.1) is 24.8 Å². The standard InChI is InChI=1S/C15H17F2NO3/c1-20-9-10(19)7-18-8-11-5-6-14(21-11)15-12(16)3-2-4-13(15)17/h2-6,10,18-19H,7-9H2,1H3. The van der Waals surface area contributed by atoms with Crippen molar-refractivity contribution in [3.05, 3.63) is 47.7 Å². The van der Waals surface area contributed by atoms with Crippen LogP contribution in [0.3, 0.4) is 0 Å². The molecule has 0 aliphatic carbocycles. The smallest absolute Gasteiger partial charge is 0.140 e. The third-order valence-electron chi connectivity index (χ3n) is 2.91. The molecule has 1 aromatic heterocycles. The van der Waals surface area contributed by atoms with Crippen molar-refractivity contribution in [2.45, 2.75) is 12.6 Å². The van der Waals surface area contributed by atoms with Gasteiger partial charge in [-0.2, -0.15) is 0 Å². The van der Waals surface area contributed by atoms with Gasteiger partial charge >= 0.3 is 0 Å². The van der Waals surface area contributed by atoms with E-state index in [1.165, 1.54) is 31.4 Å². The van der Waals surface area contributed by atoms with Crippen molar-refractivity contribution in [1.82, 2.24) is 5.32 Å². The van der Waals surface area contributed by atoms with Crippen LogP contribution in [0.15, 0.2) is 34.7 Å². The lowest BCUT2D eigenvalue weighted by atomic mass is 10.1. The summed E-state index contributed by atoms with van der Waals surface area (Å²) < 4.78 is 37.5. The predicted molar refractivity (Wildman–Crippen MR) is 73.6 cm³/mol. The van der Waals surface area contributed by atoms with E-state index in [2.05, 4.69) is 5.32 Å². The largest absolute Gasteiger partial charge is 0.460 e. The average Bonchev–Trinajstić information content (AvgIpc) is 2.87. The number of halogens is 2. The number of hydrogen-bond donors (Lipinski definition) is 2. The van der Waals surface area contributed by atoms with Crippen molar-refractivity contribution in [3.8, 4) is 11.3 Å². The molecule has 0 radical (unpaired) electrons. The molecule has 2 N–H and O–H groups in total. The monoisotopic (exact) mass is 297 g/mol. The van der Waals surface area contributed by atoms with Gasteiger partial charge in [-0.15, -0.1) is 0 Å². The first kappa shape index (κ1) is 15.6. The summed E-state index contributed by atoms with van der Waals surface area (Å²) in [6, 6.07) is 6.82. The second-order valence-corrected chi connectivity index (χ2v) is 4.60. The van der Waals surface area contributed by atoms with E-state index in [1.54, 1.807) is 6.07 Å². The van der Waals surface area contributed by atoms with Gasteiger partial charge in [0, 0.05) is 13.7 Å². The minimum Gasteiger partial charge on any atom is -0.460 e. The third kappa shape index (κ3) is 4.10. The fraction of sp³-hybridized carbons (Fsp3) is 0.333. The maximum absolute atomic E-state index is 13.6. The van der Waals surface area contributed by atoms with Crippen molar-refractivity contribution in [3.63, 3.8) is 0 Å². The molecule has 4 nitrogen and oxygen atoms in total. The molecule has 1 aromatic carbocycles. The quantitative estimate of drug-likeness (QED) is 0.823. The highest BCUT2D eigenvalue weighted by molar-refractivity contribution is 5.59. The molecule has 0 saturated heterocycles. The molecule has 21 heavy (non-hydrogen) atoms. The number of aliphatic hydroxyl groups excluding tert-OH is 1. The minimum atomic E-state index is -0.667. The highest BCUT2D eigenvalue weighted by Crippen LogP contribution is 2.27. The highest BCUT2D eigenvalue weighted by atomic mass is 19.1. The molecule has 0 amide bonds. The number of methoxy groups -OCH3 is 1. The number of benzene rings is 1. The van der Waals surface area contributed by atoms with E-state index >= 15 is 0 Å². The first-order valence-corrected chi connectivity index (χ1v) is 6.52. The van der Waals surface area contributed by atoms with Crippen molar-refractivity contribution >= 4 is 0 Å². The maximum atomic E-state index is 13.6. The van der Waals surface area contributed by atoms with E-state index in [0.717, 1.165) is 0 Å². The van der Waals surface area contributed by atoms with E-state index in [9.17, 15) is 13.9 Å². The predicted octanol–water partition coefficient (Wildman–Crippen LogP) is 2.32. The van der Waals surface area contributed by atoms with E-state index in [4.69, 9.17) is 9.15 Å². The Balaban J connectivity index is 1.99. The molecule has 114 valence electrons. The summed E-state index contributed by atoms with van der Waals surface area (Å²) in [6.45, 7) is 0.908. The molecule has 1 heterocycles. The highest BCUT2D eigenvalue weighted by Gasteiger charge is 2.14. The Morgan fingerprint density at radius 1 is 1.24 bits per heavy atom. The molecule has 0 aliphatic heterocycles. The SMILES string of the molecule is COCC(O)CNCc1ccc(-c2c(F)cccc2F)o1.